The molecule has 0 saturated carbocycles. The molecule has 2 aromatic carbocycles. The lowest BCUT2D eigenvalue weighted by atomic mass is 9.82. The summed E-state index contributed by atoms with van der Waals surface area (Å²) in [6, 6.07) is 16.7. The van der Waals surface area contributed by atoms with E-state index in [2.05, 4.69) is 10.2 Å². The SMILES string of the molecule is C[C@@H](C(=O)N1CCN(CCO)CC1)N1C(=O)NC(c2ccccc2)(c2ccccc2)C1=O. The molecule has 0 aliphatic carbocycles. The Balaban J connectivity index is 1.62. The summed E-state index contributed by atoms with van der Waals surface area (Å²) in [5.74, 6) is -0.714. The molecule has 0 unspecified atom stereocenters. The Labute approximate surface area is 187 Å². The van der Waals surface area contributed by atoms with E-state index in [0.717, 1.165) is 4.90 Å². The van der Waals surface area contributed by atoms with Crippen LogP contribution in [0, 0.1) is 0 Å². The molecule has 8 nitrogen and oxygen atoms in total. The second kappa shape index (κ2) is 9.10. The highest BCUT2D eigenvalue weighted by Crippen LogP contribution is 2.37. The average molecular weight is 437 g/mol. The van der Waals surface area contributed by atoms with Crippen LogP contribution in [-0.2, 0) is 15.1 Å². The van der Waals surface area contributed by atoms with Gasteiger partial charge in [-0.2, -0.15) is 0 Å². The third kappa shape index (κ3) is 3.76. The molecule has 0 radical (unpaired) electrons. The van der Waals surface area contributed by atoms with Crippen LogP contribution in [0.3, 0.4) is 0 Å². The minimum Gasteiger partial charge on any atom is -0.395 e. The average Bonchev–Trinajstić information content (AvgIpc) is 3.11. The first-order chi connectivity index (χ1) is 15.5. The van der Waals surface area contributed by atoms with Crippen molar-refractivity contribution < 1.29 is 19.5 Å². The fraction of sp³-hybridized carbons (Fsp3) is 0.375. The van der Waals surface area contributed by atoms with Crippen molar-refractivity contribution in [1.82, 2.24) is 20.0 Å². The first-order valence-electron chi connectivity index (χ1n) is 10.9. The summed E-state index contributed by atoms with van der Waals surface area (Å²) in [5, 5.41) is 12.0. The minimum atomic E-state index is -1.38. The molecule has 2 heterocycles. The normalized spacial score (nSPS) is 19.7. The van der Waals surface area contributed by atoms with Gasteiger partial charge in [-0.15, -0.1) is 0 Å². The second-order valence-corrected chi connectivity index (χ2v) is 8.15. The Morgan fingerprint density at radius 1 is 0.969 bits per heavy atom. The molecule has 2 aliphatic rings. The first-order valence-corrected chi connectivity index (χ1v) is 10.9. The number of aliphatic hydroxyl groups excluding tert-OH is 1. The van der Waals surface area contributed by atoms with Crippen LogP contribution in [0.25, 0.3) is 0 Å². The summed E-state index contributed by atoms with van der Waals surface area (Å²) in [5.41, 5.74) is -0.0952. The Hall–Kier alpha value is -3.23. The summed E-state index contributed by atoms with van der Waals surface area (Å²) in [4.78, 5) is 45.0. The number of amides is 4. The molecular weight excluding hydrogens is 408 g/mol. The van der Waals surface area contributed by atoms with Crippen molar-refractivity contribution in [3.63, 3.8) is 0 Å². The summed E-state index contributed by atoms with van der Waals surface area (Å²) < 4.78 is 0. The van der Waals surface area contributed by atoms with Gasteiger partial charge in [-0.05, 0) is 18.1 Å². The number of imide groups is 1. The van der Waals surface area contributed by atoms with Gasteiger partial charge in [0.05, 0.1) is 6.61 Å². The number of carbonyl (C=O) groups is 3. The van der Waals surface area contributed by atoms with Crippen LogP contribution in [-0.4, -0.2) is 83.0 Å². The van der Waals surface area contributed by atoms with Gasteiger partial charge in [-0.3, -0.25) is 14.5 Å². The van der Waals surface area contributed by atoms with Gasteiger partial charge in [0.15, 0.2) is 5.54 Å². The van der Waals surface area contributed by atoms with Gasteiger partial charge in [0.2, 0.25) is 5.91 Å². The zero-order valence-corrected chi connectivity index (χ0v) is 18.1. The molecule has 8 heteroatoms. The number of hydrogen-bond acceptors (Lipinski definition) is 5. The topological polar surface area (TPSA) is 93.2 Å². The maximum Gasteiger partial charge on any atom is 0.326 e. The largest absolute Gasteiger partial charge is 0.395 e. The van der Waals surface area contributed by atoms with E-state index >= 15 is 0 Å². The number of aliphatic hydroxyl groups is 1. The molecule has 0 spiro atoms. The van der Waals surface area contributed by atoms with E-state index in [1.54, 1.807) is 11.8 Å². The van der Waals surface area contributed by atoms with E-state index in [0.29, 0.717) is 43.9 Å². The third-order valence-corrected chi connectivity index (χ3v) is 6.31. The molecule has 0 bridgehead atoms. The highest BCUT2D eigenvalue weighted by atomic mass is 16.3. The predicted octanol–water partition coefficient (Wildman–Crippen LogP) is 1.01. The predicted molar refractivity (Wildman–Crippen MR) is 119 cm³/mol. The van der Waals surface area contributed by atoms with Crippen molar-refractivity contribution in [2.75, 3.05) is 39.3 Å². The lowest BCUT2D eigenvalue weighted by Gasteiger charge is -2.36. The number of β-amino-alcohol motifs (C(OH)–C–C–N with tert-alkyl or cyclic N) is 1. The van der Waals surface area contributed by atoms with Gasteiger partial charge in [0.1, 0.15) is 6.04 Å². The molecule has 2 fully saturated rings. The highest BCUT2D eigenvalue weighted by Gasteiger charge is 2.56. The molecule has 0 aromatic heterocycles. The molecule has 32 heavy (non-hydrogen) atoms. The Morgan fingerprint density at radius 3 is 2.00 bits per heavy atom. The van der Waals surface area contributed by atoms with Crippen LogP contribution in [0.1, 0.15) is 18.1 Å². The number of rotatable bonds is 6. The van der Waals surface area contributed by atoms with E-state index < -0.39 is 23.5 Å². The van der Waals surface area contributed by atoms with Crippen molar-refractivity contribution in [2.45, 2.75) is 18.5 Å². The Morgan fingerprint density at radius 2 is 1.50 bits per heavy atom. The van der Waals surface area contributed by atoms with Gasteiger partial charge in [0, 0.05) is 32.7 Å². The van der Waals surface area contributed by atoms with Crippen LogP contribution in [0.4, 0.5) is 4.79 Å². The zero-order valence-electron chi connectivity index (χ0n) is 18.1. The number of piperazine rings is 1. The Bertz CT molecular complexity index is 935. The number of benzene rings is 2. The van der Waals surface area contributed by atoms with E-state index in [9.17, 15) is 14.4 Å². The molecule has 168 valence electrons. The molecule has 1 atom stereocenters. The van der Waals surface area contributed by atoms with Crippen molar-refractivity contribution in [2.24, 2.45) is 0 Å². The van der Waals surface area contributed by atoms with Crippen molar-refractivity contribution in [3.8, 4) is 0 Å². The molecule has 4 rings (SSSR count). The zero-order chi connectivity index (χ0) is 22.7. The van der Waals surface area contributed by atoms with Crippen LogP contribution in [0.15, 0.2) is 60.7 Å². The number of nitrogens with one attached hydrogen (secondary N) is 1. The molecular formula is C24H28N4O4. The maximum absolute atomic E-state index is 13.8. The number of hydrogen-bond donors (Lipinski definition) is 2. The van der Waals surface area contributed by atoms with Gasteiger partial charge >= 0.3 is 6.03 Å². The number of carbonyl (C=O) groups excluding carboxylic acids is 3. The molecule has 2 aliphatic heterocycles. The Kier molecular flexibility index (Phi) is 6.25. The maximum atomic E-state index is 13.8. The van der Waals surface area contributed by atoms with Gasteiger partial charge in [-0.1, -0.05) is 60.7 Å². The standard InChI is InChI=1S/C24H28N4O4/c1-18(21(30)27-14-12-26(13-15-27)16-17-29)28-22(31)24(25-23(28)32,19-8-4-2-5-9-19)20-10-6-3-7-11-20/h2-11,18,29H,12-17H2,1H3,(H,25,32)/t18-/m0/s1. The molecule has 2 N–H and O–H groups in total. The smallest absolute Gasteiger partial charge is 0.326 e. The molecule has 4 amide bonds. The fourth-order valence-electron chi connectivity index (χ4n) is 4.54. The monoisotopic (exact) mass is 436 g/mol. The second-order valence-electron chi connectivity index (χ2n) is 8.15. The lowest BCUT2D eigenvalue weighted by Crippen LogP contribution is -2.56. The van der Waals surface area contributed by atoms with Crippen LogP contribution < -0.4 is 5.32 Å². The van der Waals surface area contributed by atoms with E-state index in [1.807, 2.05) is 60.7 Å². The van der Waals surface area contributed by atoms with Crippen molar-refractivity contribution >= 4 is 17.8 Å². The number of urea groups is 1. The molecule has 2 saturated heterocycles. The summed E-state index contributed by atoms with van der Waals surface area (Å²) in [6.07, 6.45) is 0. The van der Waals surface area contributed by atoms with Crippen LogP contribution >= 0.6 is 0 Å². The van der Waals surface area contributed by atoms with E-state index in [1.165, 1.54) is 0 Å². The van der Waals surface area contributed by atoms with Gasteiger partial charge in [0.25, 0.3) is 5.91 Å². The van der Waals surface area contributed by atoms with Crippen molar-refractivity contribution in [3.05, 3.63) is 71.8 Å². The van der Waals surface area contributed by atoms with Crippen LogP contribution in [0.5, 0.6) is 0 Å². The minimum absolute atomic E-state index is 0.0772. The number of nitrogens with zero attached hydrogens (tertiary/aromatic N) is 3. The lowest BCUT2D eigenvalue weighted by molar-refractivity contribution is -0.143. The fourth-order valence-corrected chi connectivity index (χ4v) is 4.54. The van der Waals surface area contributed by atoms with E-state index in [4.69, 9.17) is 5.11 Å². The summed E-state index contributed by atoms with van der Waals surface area (Å²) in [7, 11) is 0. The van der Waals surface area contributed by atoms with Gasteiger partial charge < -0.3 is 15.3 Å². The quantitative estimate of drug-likeness (QED) is 0.660. The first kappa shape index (κ1) is 22.0. The summed E-state index contributed by atoms with van der Waals surface area (Å²) >= 11 is 0. The third-order valence-electron chi connectivity index (χ3n) is 6.31. The van der Waals surface area contributed by atoms with Crippen molar-refractivity contribution in [1.29, 1.82) is 0 Å². The molecule has 2 aromatic rings. The van der Waals surface area contributed by atoms with E-state index in [-0.39, 0.29) is 12.5 Å². The van der Waals surface area contributed by atoms with Crippen LogP contribution in [0.2, 0.25) is 0 Å². The summed E-state index contributed by atoms with van der Waals surface area (Å²) in [6.45, 7) is 4.54. The van der Waals surface area contributed by atoms with Gasteiger partial charge in [-0.25, -0.2) is 9.69 Å². The highest BCUT2D eigenvalue weighted by molar-refractivity contribution is 6.12.